The van der Waals surface area contributed by atoms with Gasteiger partial charge in [-0.15, -0.1) is 0 Å². The predicted octanol–water partition coefficient (Wildman–Crippen LogP) is 3.11. The Balaban J connectivity index is 1.64. The summed E-state index contributed by atoms with van der Waals surface area (Å²) in [7, 11) is 1.79. The Morgan fingerprint density at radius 1 is 1.12 bits per heavy atom. The van der Waals surface area contributed by atoms with Crippen LogP contribution in [0.4, 0.5) is 5.69 Å². The van der Waals surface area contributed by atoms with Crippen molar-refractivity contribution in [2.45, 2.75) is 12.5 Å². The van der Waals surface area contributed by atoms with E-state index in [1.165, 1.54) is 6.39 Å². The molecular formula is C19H19N3O2. The van der Waals surface area contributed by atoms with Crippen molar-refractivity contribution in [3.8, 4) is 11.3 Å². The summed E-state index contributed by atoms with van der Waals surface area (Å²) in [5.41, 5.74) is 2.78. The molecule has 3 rings (SSSR count). The summed E-state index contributed by atoms with van der Waals surface area (Å²) >= 11 is 0. The number of carbonyl (C=O) groups excluding carboxylic acids is 1. The highest BCUT2D eigenvalue weighted by atomic mass is 16.3. The molecule has 122 valence electrons. The van der Waals surface area contributed by atoms with Crippen LogP contribution in [0.25, 0.3) is 11.3 Å². The number of hydrogen-bond acceptors (Lipinski definition) is 4. The summed E-state index contributed by atoms with van der Waals surface area (Å²) in [5, 5.41) is 6.01. The lowest BCUT2D eigenvalue weighted by atomic mass is 10.1. The van der Waals surface area contributed by atoms with Gasteiger partial charge in [-0.3, -0.25) is 4.79 Å². The minimum atomic E-state index is -0.290. The second-order valence-electron chi connectivity index (χ2n) is 5.46. The van der Waals surface area contributed by atoms with E-state index < -0.39 is 0 Å². The lowest BCUT2D eigenvalue weighted by Gasteiger charge is -2.16. The molecule has 0 aliphatic carbocycles. The molecule has 1 aromatic heterocycles. The molecule has 0 saturated heterocycles. The van der Waals surface area contributed by atoms with E-state index in [0.29, 0.717) is 12.2 Å². The van der Waals surface area contributed by atoms with Crippen molar-refractivity contribution < 1.29 is 9.21 Å². The summed E-state index contributed by atoms with van der Waals surface area (Å²) in [6.45, 7) is 0. The van der Waals surface area contributed by atoms with E-state index in [2.05, 4.69) is 15.6 Å². The zero-order chi connectivity index (χ0) is 16.8. The molecule has 1 atom stereocenters. The average molecular weight is 321 g/mol. The van der Waals surface area contributed by atoms with Crippen molar-refractivity contribution in [1.82, 2.24) is 10.3 Å². The second-order valence-corrected chi connectivity index (χ2v) is 5.46. The van der Waals surface area contributed by atoms with Crippen LogP contribution in [0.3, 0.4) is 0 Å². The number of aromatic nitrogens is 1. The van der Waals surface area contributed by atoms with Crippen molar-refractivity contribution in [3.63, 3.8) is 0 Å². The molecule has 0 bridgehead atoms. The first-order valence-electron chi connectivity index (χ1n) is 7.77. The van der Waals surface area contributed by atoms with Gasteiger partial charge in [-0.05, 0) is 43.3 Å². The van der Waals surface area contributed by atoms with Crippen molar-refractivity contribution in [2.24, 2.45) is 0 Å². The minimum Gasteiger partial charge on any atom is -0.444 e. The molecule has 0 aliphatic heterocycles. The number of likely N-dealkylation sites (N-methyl/N-ethyl adjacent to an activating group) is 1. The van der Waals surface area contributed by atoms with Gasteiger partial charge in [-0.1, -0.05) is 30.3 Å². The van der Waals surface area contributed by atoms with E-state index >= 15 is 0 Å². The van der Waals surface area contributed by atoms with Gasteiger partial charge in [0.25, 0.3) is 0 Å². The van der Waals surface area contributed by atoms with Crippen LogP contribution in [-0.2, 0) is 11.2 Å². The van der Waals surface area contributed by atoms with Crippen LogP contribution in [0.15, 0.2) is 71.6 Å². The Morgan fingerprint density at radius 3 is 2.50 bits per heavy atom. The monoisotopic (exact) mass is 321 g/mol. The van der Waals surface area contributed by atoms with Crippen molar-refractivity contribution in [2.75, 3.05) is 12.4 Å². The van der Waals surface area contributed by atoms with Crippen LogP contribution in [0.2, 0.25) is 0 Å². The first kappa shape index (κ1) is 16.0. The first-order chi connectivity index (χ1) is 11.8. The van der Waals surface area contributed by atoms with Crippen LogP contribution in [-0.4, -0.2) is 24.0 Å². The quantitative estimate of drug-likeness (QED) is 0.732. The highest BCUT2D eigenvalue weighted by molar-refractivity contribution is 5.95. The maximum absolute atomic E-state index is 12.5. The van der Waals surface area contributed by atoms with Gasteiger partial charge in [0.2, 0.25) is 5.91 Å². The number of rotatable bonds is 6. The van der Waals surface area contributed by atoms with Gasteiger partial charge >= 0.3 is 0 Å². The smallest absolute Gasteiger partial charge is 0.241 e. The number of benzene rings is 2. The number of nitrogens with one attached hydrogen (secondary N) is 2. The first-order valence-corrected chi connectivity index (χ1v) is 7.77. The standard InChI is InChI=1S/C19H19N3O2/c1-20-17(11-14-5-3-2-4-6-14)19(23)22-16-9-7-15(8-10-16)18-12-21-13-24-18/h2-10,12-13,17,20H,11H2,1H3,(H,22,23)/t17-/m0/s1. The molecule has 5 nitrogen and oxygen atoms in total. The lowest BCUT2D eigenvalue weighted by Crippen LogP contribution is -2.40. The molecule has 0 radical (unpaired) electrons. The van der Waals surface area contributed by atoms with Crippen LogP contribution in [0, 0.1) is 0 Å². The normalized spacial score (nSPS) is 11.9. The zero-order valence-corrected chi connectivity index (χ0v) is 13.4. The van der Waals surface area contributed by atoms with Gasteiger partial charge in [0.1, 0.15) is 0 Å². The van der Waals surface area contributed by atoms with E-state index in [1.807, 2.05) is 54.6 Å². The summed E-state index contributed by atoms with van der Waals surface area (Å²) in [6.07, 6.45) is 3.69. The maximum Gasteiger partial charge on any atom is 0.241 e. The van der Waals surface area contributed by atoms with Gasteiger partial charge in [0.05, 0.1) is 12.2 Å². The fraction of sp³-hybridized carbons (Fsp3) is 0.158. The number of oxazole rings is 1. The maximum atomic E-state index is 12.5. The second kappa shape index (κ2) is 7.57. The Hall–Kier alpha value is -2.92. The molecule has 24 heavy (non-hydrogen) atoms. The molecule has 0 unspecified atom stereocenters. The average Bonchev–Trinajstić information content (AvgIpc) is 3.16. The highest BCUT2D eigenvalue weighted by Crippen LogP contribution is 2.20. The number of amides is 1. The number of hydrogen-bond donors (Lipinski definition) is 2. The predicted molar refractivity (Wildman–Crippen MR) is 93.6 cm³/mol. The van der Waals surface area contributed by atoms with E-state index in [4.69, 9.17) is 4.42 Å². The van der Waals surface area contributed by atoms with Crippen LogP contribution in [0.1, 0.15) is 5.56 Å². The molecule has 0 fully saturated rings. The van der Waals surface area contributed by atoms with E-state index in [-0.39, 0.29) is 11.9 Å². The van der Waals surface area contributed by atoms with Crippen molar-refractivity contribution in [1.29, 1.82) is 0 Å². The Kier molecular flexibility index (Phi) is 5.03. The van der Waals surface area contributed by atoms with Crippen molar-refractivity contribution >= 4 is 11.6 Å². The number of anilines is 1. The van der Waals surface area contributed by atoms with Crippen LogP contribution >= 0.6 is 0 Å². The molecule has 2 N–H and O–H groups in total. The molecule has 5 heteroatoms. The SMILES string of the molecule is CN[C@@H](Cc1ccccc1)C(=O)Nc1ccc(-c2cnco2)cc1. The fourth-order valence-corrected chi connectivity index (χ4v) is 2.48. The van der Waals surface area contributed by atoms with Crippen LogP contribution < -0.4 is 10.6 Å². The molecule has 0 aliphatic rings. The van der Waals surface area contributed by atoms with E-state index in [9.17, 15) is 4.79 Å². The highest BCUT2D eigenvalue weighted by Gasteiger charge is 2.17. The topological polar surface area (TPSA) is 67.2 Å². The molecule has 0 saturated carbocycles. The molecule has 2 aromatic carbocycles. The molecule has 1 amide bonds. The number of nitrogens with zero attached hydrogens (tertiary/aromatic N) is 1. The summed E-state index contributed by atoms with van der Waals surface area (Å²) in [6, 6.07) is 17.1. The van der Waals surface area contributed by atoms with Gasteiger partial charge in [-0.2, -0.15) is 0 Å². The third-order valence-electron chi connectivity index (χ3n) is 3.82. The number of carbonyl (C=O) groups is 1. The largest absolute Gasteiger partial charge is 0.444 e. The lowest BCUT2D eigenvalue weighted by molar-refractivity contribution is -0.118. The Morgan fingerprint density at radius 2 is 1.88 bits per heavy atom. The Bertz CT molecular complexity index is 768. The molecule has 0 spiro atoms. The summed E-state index contributed by atoms with van der Waals surface area (Å²) < 4.78 is 5.25. The van der Waals surface area contributed by atoms with Gasteiger partial charge in [-0.25, -0.2) is 4.98 Å². The van der Waals surface area contributed by atoms with Gasteiger partial charge in [0.15, 0.2) is 12.2 Å². The molecule has 3 aromatic rings. The van der Waals surface area contributed by atoms with E-state index in [0.717, 1.165) is 16.8 Å². The molecular weight excluding hydrogens is 302 g/mol. The third-order valence-corrected chi connectivity index (χ3v) is 3.82. The van der Waals surface area contributed by atoms with Crippen molar-refractivity contribution in [3.05, 3.63) is 72.8 Å². The zero-order valence-electron chi connectivity index (χ0n) is 13.4. The summed E-state index contributed by atoms with van der Waals surface area (Å²) in [5.74, 6) is 0.638. The fourth-order valence-electron chi connectivity index (χ4n) is 2.48. The Labute approximate surface area is 140 Å². The van der Waals surface area contributed by atoms with Gasteiger partial charge in [0, 0.05) is 11.3 Å². The third kappa shape index (κ3) is 3.88. The summed E-state index contributed by atoms with van der Waals surface area (Å²) in [4.78, 5) is 16.4. The molecule has 1 heterocycles. The van der Waals surface area contributed by atoms with Crippen LogP contribution in [0.5, 0.6) is 0 Å². The minimum absolute atomic E-state index is 0.0613. The van der Waals surface area contributed by atoms with Gasteiger partial charge < -0.3 is 15.1 Å². The van der Waals surface area contributed by atoms with E-state index in [1.54, 1.807) is 13.2 Å².